The molecule has 0 saturated heterocycles. The molecular weight excluding hydrogens is 188 g/mol. The number of amides is 1. The number of rotatable bonds is 6. The van der Waals surface area contributed by atoms with Gasteiger partial charge in [0.1, 0.15) is 0 Å². The van der Waals surface area contributed by atoms with Crippen LogP contribution in [0.5, 0.6) is 0 Å². The highest BCUT2D eigenvalue weighted by molar-refractivity contribution is 5.79. The van der Waals surface area contributed by atoms with E-state index in [0.29, 0.717) is 30.5 Å². The molecule has 0 aromatic rings. The second kappa shape index (κ2) is 4.52. The summed E-state index contributed by atoms with van der Waals surface area (Å²) in [5, 5.41) is 3.30. The van der Waals surface area contributed by atoms with E-state index in [1.54, 1.807) is 0 Å². The predicted octanol–water partition coefficient (Wildman–Crippen LogP) is 1.39. The first-order chi connectivity index (χ1) is 7.16. The molecule has 2 aliphatic rings. The topological polar surface area (TPSA) is 32.3 Å². The van der Waals surface area contributed by atoms with E-state index < -0.39 is 0 Å². The van der Waals surface area contributed by atoms with Crippen LogP contribution in [0.15, 0.2) is 0 Å². The molecule has 0 aromatic heterocycles. The van der Waals surface area contributed by atoms with Gasteiger partial charge in [-0.1, -0.05) is 13.8 Å². The fraction of sp³-hybridized carbons (Fsp3) is 0.917. The van der Waals surface area contributed by atoms with Crippen LogP contribution in [0, 0.1) is 5.92 Å². The van der Waals surface area contributed by atoms with Crippen molar-refractivity contribution in [3.05, 3.63) is 0 Å². The summed E-state index contributed by atoms with van der Waals surface area (Å²) in [4.78, 5) is 14.0. The maximum atomic E-state index is 12.0. The molecule has 0 unspecified atom stereocenters. The molecule has 2 fully saturated rings. The first kappa shape index (κ1) is 10.9. The monoisotopic (exact) mass is 210 g/mol. The van der Waals surface area contributed by atoms with Crippen molar-refractivity contribution in [3.8, 4) is 0 Å². The van der Waals surface area contributed by atoms with E-state index in [-0.39, 0.29) is 0 Å². The van der Waals surface area contributed by atoms with Gasteiger partial charge in [0.25, 0.3) is 0 Å². The molecule has 0 aliphatic heterocycles. The maximum Gasteiger partial charge on any atom is 0.236 e. The zero-order chi connectivity index (χ0) is 10.8. The van der Waals surface area contributed by atoms with Crippen LogP contribution < -0.4 is 5.32 Å². The first-order valence-corrected chi connectivity index (χ1v) is 6.19. The van der Waals surface area contributed by atoms with Gasteiger partial charge in [0.2, 0.25) is 5.91 Å². The van der Waals surface area contributed by atoms with Crippen molar-refractivity contribution in [2.45, 2.75) is 51.6 Å². The summed E-state index contributed by atoms with van der Waals surface area (Å²) in [7, 11) is 0. The van der Waals surface area contributed by atoms with Crippen molar-refractivity contribution in [1.82, 2.24) is 10.2 Å². The fourth-order valence-electron chi connectivity index (χ4n) is 1.85. The molecule has 2 aliphatic carbocycles. The molecule has 0 aromatic carbocycles. The lowest BCUT2D eigenvalue weighted by Crippen LogP contribution is -2.42. The molecule has 3 heteroatoms. The van der Waals surface area contributed by atoms with Crippen molar-refractivity contribution in [3.63, 3.8) is 0 Å². The predicted molar refractivity (Wildman–Crippen MR) is 60.6 cm³/mol. The molecule has 1 N–H and O–H groups in total. The summed E-state index contributed by atoms with van der Waals surface area (Å²) in [5.41, 5.74) is 0. The number of nitrogens with zero attached hydrogens (tertiary/aromatic N) is 1. The third-order valence-electron chi connectivity index (χ3n) is 2.99. The van der Waals surface area contributed by atoms with Crippen molar-refractivity contribution in [1.29, 1.82) is 0 Å². The molecule has 0 heterocycles. The van der Waals surface area contributed by atoms with E-state index in [2.05, 4.69) is 24.1 Å². The van der Waals surface area contributed by atoms with Crippen molar-refractivity contribution in [2.24, 2.45) is 5.92 Å². The van der Waals surface area contributed by atoms with Gasteiger partial charge in [0.15, 0.2) is 0 Å². The SMILES string of the molecule is CC(C)CN(C(=O)CNC1CC1)C1CC1. The Morgan fingerprint density at radius 3 is 2.47 bits per heavy atom. The van der Waals surface area contributed by atoms with Crippen LogP contribution in [-0.2, 0) is 4.79 Å². The van der Waals surface area contributed by atoms with Gasteiger partial charge in [-0.15, -0.1) is 0 Å². The Labute approximate surface area is 92.2 Å². The third kappa shape index (κ3) is 3.49. The van der Waals surface area contributed by atoms with E-state index in [0.717, 1.165) is 6.54 Å². The largest absolute Gasteiger partial charge is 0.338 e. The molecular formula is C12H22N2O. The van der Waals surface area contributed by atoms with E-state index >= 15 is 0 Å². The Morgan fingerprint density at radius 1 is 1.33 bits per heavy atom. The summed E-state index contributed by atoms with van der Waals surface area (Å²) >= 11 is 0. The quantitative estimate of drug-likeness (QED) is 0.718. The Morgan fingerprint density at radius 2 is 2.00 bits per heavy atom. The Bertz CT molecular complexity index is 232. The van der Waals surface area contributed by atoms with Gasteiger partial charge in [-0.3, -0.25) is 4.79 Å². The van der Waals surface area contributed by atoms with Gasteiger partial charge in [-0.2, -0.15) is 0 Å². The Hall–Kier alpha value is -0.570. The highest BCUT2D eigenvalue weighted by Gasteiger charge is 2.33. The minimum absolute atomic E-state index is 0.304. The lowest BCUT2D eigenvalue weighted by atomic mass is 10.2. The standard InChI is InChI=1S/C12H22N2O/c1-9(2)8-14(11-5-6-11)12(15)7-13-10-3-4-10/h9-11,13H,3-8H2,1-2H3. The molecule has 2 saturated carbocycles. The molecule has 0 bridgehead atoms. The summed E-state index contributed by atoms with van der Waals surface area (Å²) in [6.45, 7) is 5.83. The Balaban J connectivity index is 1.76. The lowest BCUT2D eigenvalue weighted by molar-refractivity contribution is -0.131. The third-order valence-corrected chi connectivity index (χ3v) is 2.99. The highest BCUT2D eigenvalue weighted by atomic mass is 16.2. The first-order valence-electron chi connectivity index (χ1n) is 6.19. The van der Waals surface area contributed by atoms with E-state index in [1.165, 1.54) is 25.7 Å². The van der Waals surface area contributed by atoms with Gasteiger partial charge in [0, 0.05) is 18.6 Å². The number of hydrogen-bond acceptors (Lipinski definition) is 2. The average molecular weight is 210 g/mol. The van der Waals surface area contributed by atoms with E-state index in [4.69, 9.17) is 0 Å². The molecule has 3 nitrogen and oxygen atoms in total. The summed E-state index contributed by atoms with van der Waals surface area (Å²) in [5.74, 6) is 0.883. The average Bonchev–Trinajstić information content (AvgIpc) is 3.02. The zero-order valence-corrected chi connectivity index (χ0v) is 9.83. The molecule has 2 rings (SSSR count). The second-order valence-electron chi connectivity index (χ2n) is 5.33. The smallest absolute Gasteiger partial charge is 0.236 e. The number of carbonyl (C=O) groups excluding carboxylic acids is 1. The lowest BCUT2D eigenvalue weighted by Gasteiger charge is -2.24. The fourth-order valence-corrected chi connectivity index (χ4v) is 1.85. The molecule has 0 spiro atoms. The highest BCUT2D eigenvalue weighted by Crippen LogP contribution is 2.27. The summed E-state index contributed by atoms with van der Waals surface area (Å²) in [6, 6.07) is 1.19. The van der Waals surface area contributed by atoms with Gasteiger partial charge >= 0.3 is 0 Å². The zero-order valence-electron chi connectivity index (χ0n) is 9.83. The minimum Gasteiger partial charge on any atom is -0.338 e. The number of hydrogen-bond donors (Lipinski definition) is 1. The summed E-state index contributed by atoms with van der Waals surface area (Å²) < 4.78 is 0. The van der Waals surface area contributed by atoms with Gasteiger partial charge in [0.05, 0.1) is 6.54 Å². The van der Waals surface area contributed by atoms with Crippen molar-refractivity contribution >= 4 is 5.91 Å². The van der Waals surface area contributed by atoms with Gasteiger partial charge in [-0.05, 0) is 31.6 Å². The number of nitrogens with one attached hydrogen (secondary N) is 1. The number of carbonyl (C=O) groups is 1. The molecule has 0 radical (unpaired) electrons. The molecule has 86 valence electrons. The van der Waals surface area contributed by atoms with E-state index in [9.17, 15) is 4.79 Å². The Kier molecular flexibility index (Phi) is 3.29. The minimum atomic E-state index is 0.304. The summed E-state index contributed by atoms with van der Waals surface area (Å²) in [6.07, 6.45) is 4.92. The van der Waals surface area contributed by atoms with Crippen LogP contribution in [0.1, 0.15) is 39.5 Å². The normalized spacial score (nSPS) is 20.7. The van der Waals surface area contributed by atoms with Gasteiger partial charge < -0.3 is 10.2 Å². The van der Waals surface area contributed by atoms with Crippen molar-refractivity contribution < 1.29 is 4.79 Å². The van der Waals surface area contributed by atoms with Crippen LogP contribution in [0.4, 0.5) is 0 Å². The molecule has 1 amide bonds. The van der Waals surface area contributed by atoms with Crippen LogP contribution in [0.25, 0.3) is 0 Å². The van der Waals surface area contributed by atoms with Crippen LogP contribution in [0.2, 0.25) is 0 Å². The maximum absolute atomic E-state index is 12.0. The second-order valence-corrected chi connectivity index (χ2v) is 5.33. The van der Waals surface area contributed by atoms with Crippen LogP contribution in [-0.4, -0.2) is 36.0 Å². The molecule has 15 heavy (non-hydrogen) atoms. The molecule has 0 atom stereocenters. The van der Waals surface area contributed by atoms with E-state index in [1.807, 2.05) is 0 Å². The van der Waals surface area contributed by atoms with Crippen LogP contribution in [0.3, 0.4) is 0 Å². The van der Waals surface area contributed by atoms with Crippen molar-refractivity contribution in [2.75, 3.05) is 13.1 Å². The van der Waals surface area contributed by atoms with Gasteiger partial charge in [-0.25, -0.2) is 0 Å². The van der Waals surface area contributed by atoms with Crippen LogP contribution >= 0.6 is 0 Å².